The molecular weight excluding hydrogens is 320 g/mol. The van der Waals surface area contributed by atoms with Gasteiger partial charge in [-0.15, -0.1) is 11.3 Å². The van der Waals surface area contributed by atoms with Gasteiger partial charge >= 0.3 is 0 Å². The molecule has 0 amide bonds. The minimum absolute atomic E-state index is 0.591. The van der Waals surface area contributed by atoms with E-state index in [1.54, 1.807) is 11.3 Å². The molecule has 7 heteroatoms. The summed E-state index contributed by atoms with van der Waals surface area (Å²) in [6.07, 6.45) is 7.27. The van der Waals surface area contributed by atoms with Gasteiger partial charge in [-0.1, -0.05) is 12.8 Å². The van der Waals surface area contributed by atoms with Crippen LogP contribution in [0.25, 0.3) is 0 Å². The first-order valence-electron chi connectivity index (χ1n) is 8.52. The van der Waals surface area contributed by atoms with Gasteiger partial charge < -0.3 is 10.2 Å². The Kier molecular flexibility index (Phi) is 5.50. The van der Waals surface area contributed by atoms with Crippen LogP contribution in [0, 0.1) is 6.92 Å². The van der Waals surface area contributed by atoms with Crippen LogP contribution in [-0.4, -0.2) is 39.7 Å². The Balaban J connectivity index is 1.53. The number of hydrogen-bond acceptors (Lipinski definition) is 4. The quantitative estimate of drug-likeness (QED) is 0.668. The Bertz CT molecular complexity index is 683. The third-order valence-electron chi connectivity index (χ3n) is 4.43. The van der Waals surface area contributed by atoms with E-state index in [1.807, 2.05) is 21.0 Å². The van der Waals surface area contributed by atoms with Gasteiger partial charge in [0.05, 0.1) is 35.5 Å². The van der Waals surface area contributed by atoms with Crippen molar-refractivity contribution in [3.05, 3.63) is 34.0 Å². The highest BCUT2D eigenvalue weighted by Crippen LogP contribution is 2.28. The normalized spacial score (nSPS) is 15.9. The van der Waals surface area contributed by atoms with Gasteiger partial charge in [0.1, 0.15) is 0 Å². The Morgan fingerprint density at radius 1 is 1.42 bits per heavy atom. The summed E-state index contributed by atoms with van der Waals surface area (Å²) in [5.74, 6) is 0.857. The molecule has 0 bridgehead atoms. The number of nitrogens with one attached hydrogen (secondary N) is 1. The first-order chi connectivity index (χ1) is 11.7. The van der Waals surface area contributed by atoms with Crippen molar-refractivity contribution in [1.82, 2.24) is 25.0 Å². The number of thiazole rings is 1. The fourth-order valence-electron chi connectivity index (χ4n) is 3.20. The predicted molar refractivity (Wildman–Crippen MR) is 98.2 cm³/mol. The zero-order valence-electron chi connectivity index (χ0n) is 14.7. The Labute approximate surface area is 147 Å². The molecule has 24 heavy (non-hydrogen) atoms. The molecule has 0 aromatic carbocycles. The average Bonchev–Trinajstić information content (AvgIpc) is 3.29. The van der Waals surface area contributed by atoms with Crippen molar-refractivity contribution in [3.63, 3.8) is 0 Å². The average molecular weight is 347 g/mol. The number of hydrogen-bond donors (Lipinski definition) is 1. The van der Waals surface area contributed by atoms with E-state index in [9.17, 15) is 0 Å². The molecule has 1 fully saturated rings. The molecular formula is C17H26N6S. The van der Waals surface area contributed by atoms with Crippen LogP contribution in [0.4, 0.5) is 0 Å². The molecule has 1 N–H and O–H groups in total. The summed E-state index contributed by atoms with van der Waals surface area (Å²) in [5, 5.41) is 11.3. The highest BCUT2D eigenvalue weighted by Gasteiger charge is 2.17. The van der Waals surface area contributed by atoms with Gasteiger partial charge in [0.15, 0.2) is 5.96 Å². The van der Waals surface area contributed by atoms with E-state index in [1.165, 1.54) is 25.7 Å². The van der Waals surface area contributed by atoms with E-state index < -0.39 is 0 Å². The van der Waals surface area contributed by atoms with Crippen molar-refractivity contribution >= 4 is 17.3 Å². The lowest BCUT2D eigenvalue weighted by molar-refractivity contribution is 0.457. The van der Waals surface area contributed by atoms with Crippen molar-refractivity contribution in [1.29, 1.82) is 0 Å². The van der Waals surface area contributed by atoms with Gasteiger partial charge in [-0.05, 0) is 25.8 Å². The second-order valence-electron chi connectivity index (χ2n) is 6.34. The molecule has 130 valence electrons. The third kappa shape index (κ3) is 4.14. The number of aryl methyl sites for hydroxylation is 1. The number of guanidine groups is 1. The number of aliphatic imine (C=N–C) groups is 1. The summed E-state index contributed by atoms with van der Waals surface area (Å²) in [6, 6.07) is 2.69. The summed E-state index contributed by atoms with van der Waals surface area (Å²) < 4.78 is 2.13. The molecule has 6 nitrogen and oxygen atoms in total. The van der Waals surface area contributed by atoms with Crippen LogP contribution in [0.1, 0.15) is 48.1 Å². The molecule has 1 aliphatic carbocycles. The molecule has 0 aliphatic heterocycles. The van der Waals surface area contributed by atoms with E-state index >= 15 is 0 Å². The van der Waals surface area contributed by atoms with Gasteiger partial charge in [0.25, 0.3) is 0 Å². The minimum Gasteiger partial charge on any atom is -0.351 e. The van der Waals surface area contributed by atoms with E-state index in [0.29, 0.717) is 12.6 Å². The highest BCUT2D eigenvalue weighted by atomic mass is 32.1. The van der Waals surface area contributed by atoms with Crippen LogP contribution in [-0.2, 0) is 13.1 Å². The van der Waals surface area contributed by atoms with Crippen LogP contribution in [0.3, 0.4) is 0 Å². The lowest BCUT2D eigenvalue weighted by Gasteiger charge is -2.20. The molecule has 0 unspecified atom stereocenters. The molecule has 0 atom stereocenters. The van der Waals surface area contributed by atoms with E-state index in [-0.39, 0.29) is 0 Å². The van der Waals surface area contributed by atoms with E-state index in [0.717, 1.165) is 28.9 Å². The zero-order valence-corrected chi connectivity index (χ0v) is 15.5. The van der Waals surface area contributed by atoms with E-state index in [4.69, 9.17) is 5.10 Å². The molecule has 3 rings (SSSR count). The monoisotopic (exact) mass is 346 g/mol. The summed E-state index contributed by atoms with van der Waals surface area (Å²) in [6.45, 7) is 3.47. The minimum atomic E-state index is 0.591. The van der Waals surface area contributed by atoms with Gasteiger partial charge in [0.2, 0.25) is 0 Å². The number of aromatic nitrogens is 3. The Morgan fingerprint density at radius 3 is 2.88 bits per heavy atom. The fraction of sp³-hybridized carbons (Fsp3) is 0.588. The SMILES string of the molecule is CN=C(NCc1ccn(C2CCCC2)n1)N(C)Cc1csc(C)n1. The fourth-order valence-corrected chi connectivity index (χ4v) is 3.80. The lowest BCUT2D eigenvalue weighted by Crippen LogP contribution is -2.38. The van der Waals surface area contributed by atoms with Crippen LogP contribution >= 0.6 is 11.3 Å². The van der Waals surface area contributed by atoms with Gasteiger partial charge in [-0.2, -0.15) is 5.10 Å². The largest absolute Gasteiger partial charge is 0.351 e. The van der Waals surface area contributed by atoms with Crippen LogP contribution in [0.5, 0.6) is 0 Å². The van der Waals surface area contributed by atoms with Crippen LogP contribution in [0.2, 0.25) is 0 Å². The van der Waals surface area contributed by atoms with Gasteiger partial charge in [-0.3, -0.25) is 9.67 Å². The summed E-state index contributed by atoms with van der Waals surface area (Å²) in [4.78, 5) is 11.0. The molecule has 2 aromatic heterocycles. The molecule has 0 spiro atoms. The number of nitrogens with zero attached hydrogens (tertiary/aromatic N) is 5. The maximum Gasteiger partial charge on any atom is 0.194 e. The van der Waals surface area contributed by atoms with Crippen molar-refractivity contribution in [2.24, 2.45) is 4.99 Å². The van der Waals surface area contributed by atoms with Crippen molar-refractivity contribution in [2.75, 3.05) is 14.1 Å². The molecule has 1 saturated carbocycles. The Hall–Kier alpha value is -1.89. The maximum atomic E-state index is 4.72. The molecule has 2 heterocycles. The lowest BCUT2D eigenvalue weighted by atomic mass is 10.3. The standard InChI is InChI=1S/C17H26N6S/c1-13-20-15(12-24-13)11-22(3)17(18-2)19-10-14-8-9-23(21-14)16-6-4-5-7-16/h8-9,12,16H,4-7,10-11H2,1-3H3,(H,18,19). The highest BCUT2D eigenvalue weighted by molar-refractivity contribution is 7.09. The van der Waals surface area contributed by atoms with Gasteiger partial charge in [-0.25, -0.2) is 4.98 Å². The maximum absolute atomic E-state index is 4.72. The molecule has 0 radical (unpaired) electrons. The Morgan fingerprint density at radius 2 is 2.21 bits per heavy atom. The van der Waals surface area contributed by atoms with Crippen LogP contribution in [0.15, 0.2) is 22.6 Å². The van der Waals surface area contributed by atoms with Crippen molar-refractivity contribution in [3.8, 4) is 0 Å². The van der Waals surface area contributed by atoms with Crippen LogP contribution < -0.4 is 5.32 Å². The predicted octanol–water partition coefficient (Wildman–Crippen LogP) is 2.97. The van der Waals surface area contributed by atoms with Crippen molar-refractivity contribution < 1.29 is 0 Å². The summed E-state index contributed by atoms with van der Waals surface area (Å²) >= 11 is 1.68. The third-order valence-corrected chi connectivity index (χ3v) is 5.25. The molecule has 1 aliphatic rings. The van der Waals surface area contributed by atoms with Crippen molar-refractivity contribution in [2.45, 2.75) is 51.7 Å². The second kappa shape index (κ2) is 7.79. The smallest absolute Gasteiger partial charge is 0.194 e. The molecule has 0 saturated heterocycles. The van der Waals surface area contributed by atoms with E-state index in [2.05, 4.69) is 42.5 Å². The molecule has 2 aromatic rings. The summed E-state index contributed by atoms with van der Waals surface area (Å²) in [7, 11) is 3.84. The summed E-state index contributed by atoms with van der Waals surface area (Å²) in [5.41, 5.74) is 2.13. The second-order valence-corrected chi connectivity index (χ2v) is 7.40. The first kappa shape index (κ1) is 17.0. The first-order valence-corrected chi connectivity index (χ1v) is 9.40. The zero-order chi connectivity index (χ0) is 16.9. The topological polar surface area (TPSA) is 58.3 Å². The van der Waals surface area contributed by atoms with Gasteiger partial charge in [0, 0.05) is 25.7 Å². The number of rotatable bonds is 5.